The van der Waals surface area contributed by atoms with Crippen molar-refractivity contribution in [3.63, 3.8) is 0 Å². The zero-order chi connectivity index (χ0) is 10.4. The van der Waals surface area contributed by atoms with Gasteiger partial charge in [-0.15, -0.1) is 0 Å². The average molecular weight is 196 g/mol. The molecule has 0 aromatic rings. The summed E-state index contributed by atoms with van der Waals surface area (Å²) in [6, 6.07) is 0. The van der Waals surface area contributed by atoms with E-state index >= 15 is 0 Å². The van der Waals surface area contributed by atoms with Crippen LogP contribution in [0.25, 0.3) is 0 Å². The first kappa shape index (κ1) is 12.1. The molecule has 1 saturated carbocycles. The van der Waals surface area contributed by atoms with Crippen molar-refractivity contribution in [1.29, 1.82) is 0 Å². The SMILES string of the molecule is CCCC(CC)CC(CC)C1CCC1. The zero-order valence-electron chi connectivity index (χ0n) is 10.4. The van der Waals surface area contributed by atoms with Gasteiger partial charge in [0.25, 0.3) is 0 Å². The smallest absolute Gasteiger partial charge is 0.0386 e. The topological polar surface area (TPSA) is 0 Å². The van der Waals surface area contributed by atoms with Crippen molar-refractivity contribution < 1.29 is 0 Å². The second kappa shape index (κ2) is 6.48. The number of hydrogen-bond acceptors (Lipinski definition) is 0. The van der Waals surface area contributed by atoms with Crippen LogP contribution in [-0.4, -0.2) is 0 Å². The lowest BCUT2D eigenvalue weighted by Crippen LogP contribution is -2.23. The highest BCUT2D eigenvalue weighted by Crippen LogP contribution is 2.39. The summed E-state index contributed by atoms with van der Waals surface area (Å²) in [6.07, 6.45) is 11.7. The molecule has 0 radical (unpaired) electrons. The van der Waals surface area contributed by atoms with Gasteiger partial charge in [0.15, 0.2) is 0 Å². The fourth-order valence-electron chi connectivity index (χ4n) is 2.93. The molecule has 0 nitrogen and oxygen atoms in total. The molecular formula is C14H28. The van der Waals surface area contributed by atoms with Crippen LogP contribution in [0.2, 0.25) is 0 Å². The van der Waals surface area contributed by atoms with E-state index < -0.39 is 0 Å². The van der Waals surface area contributed by atoms with Crippen LogP contribution in [0.5, 0.6) is 0 Å². The van der Waals surface area contributed by atoms with E-state index in [-0.39, 0.29) is 0 Å². The van der Waals surface area contributed by atoms with Gasteiger partial charge in [0, 0.05) is 0 Å². The van der Waals surface area contributed by atoms with Gasteiger partial charge < -0.3 is 0 Å². The monoisotopic (exact) mass is 196 g/mol. The van der Waals surface area contributed by atoms with E-state index in [1.54, 1.807) is 0 Å². The summed E-state index contributed by atoms with van der Waals surface area (Å²) in [5.41, 5.74) is 0. The molecule has 1 aliphatic carbocycles. The quantitative estimate of drug-likeness (QED) is 0.536. The third-order valence-electron chi connectivity index (χ3n) is 4.25. The largest absolute Gasteiger partial charge is 0.0654 e. The molecule has 0 aromatic carbocycles. The first-order valence-corrected chi connectivity index (χ1v) is 6.81. The lowest BCUT2D eigenvalue weighted by atomic mass is 9.71. The average Bonchev–Trinajstić information content (AvgIpc) is 2.12. The molecule has 0 spiro atoms. The minimum absolute atomic E-state index is 1.02. The standard InChI is InChI=1S/C14H28/c1-4-8-12(5-2)11-13(6-3)14-9-7-10-14/h12-14H,4-11H2,1-3H3. The summed E-state index contributed by atoms with van der Waals surface area (Å²) in [6.45, 7) is 7.09. The molecule has 2 atom stereocenters. The maximum atomic E-state index is 2.39. The first-order valence-electron chi connectivity index (χ1n) is 6.81. The van der Waals surface area contributed by atoms with Gasteiger partial charge in [-0.2, -0.15) is 0 Å². The second-order valence-electron chi connectivity index (χ2n) is 5.16. The molecule has 0 heterocycles. The highest BCUT2D eigenvalue weighted by Gasteiger charge is 2.27. The minimum Gasteiger partial charge on any atom is -0.0654 e. The van der Waals surface area contributed by atoms with Gasteiger partial charge in [-0.1, -0.05) is 65.7 Å². The fourth-order valence-corrected chi connectivity index (χ4v) is 2.93. The maximum absolute atomic E-state index is 2.39. The van der Waals surface area contributed by atoms with Crippen molar-refractivity contribution in [1.82, 2.24) is 0 Å². The Kier molecular flexibility index (Phi) is 5.59. The van der Waals surface area contributed by atoms with Crippen molar-refractivity contribution in [2.24, 2.45) is 17.8 Å². The van der Waals surface area contributed by atoms with Crippen LogP contribution in [-0.2, 0) is 0 Å². The molecule has 0 bridgehead atoms. The summed E-state index contributed by atoms with van der Waals surface area (Å²) < 4.78 is 0. The minimum atomic E-state index is 1.02. The second-order valence-corrected chi connectivity index (χ2v) is 5.16. The van der Waals surface area contributed by atoms with Gasteiger partial charge in [0.1, 0.15) is 0 Å². The van der Waals surface area contributed by atoms with E-state index in [1.807, 2.05) is 0 Å². The van der Waals surface area contributed by atoms with Crippen molar-refractivity contribution in [3.05, 3.63) is 0 Å². The lowest BCUT2D eigenvalue weighted by Gasteiger charge is -2.35. The molecule has 0 saturated heterocycles. The van der Waals surface area contributed by atoms with E-state index in [2.05, 4.69) is 20.8 Å². The van der Waals surface area contributed by atoms with Gasteiger partial charge in [-0.3, -0.25) is 0 Å². The molecule has 0 aliphatic heterocycles. The molecule has 1 aliphatic rings. The molecule has 0 amide bonds. The third-order valence-corrected chi connectivity index (χ3v) is 4.25. The Morgan fingerprint density at radius 3 is 2.14 bits per heavy atom. The van der Waals surface area contributed by atoms with E-state index in [0.29, 0.717) is 0 Å². The van der Waals surface area contributed by atoms with Gasteiger partial charge in [-0.25, -0.2) is 0 Å². The van der Waals surface area contributed by atoms with Crippen LogP contribution in [0, 0.1) is 17.8 Å². The van der Waals surface area contributed by atoms with Crippen LogP contribution in [0.1, 0.15) is 72.1 Å². The Morgan fingerprint density at radius 2 is 1.79 bits per heavy atom. The Hall–Kier alpha value is 0. The predicted molar refractivity (Wildman–Crippen MR) is 64.4 cm³/mol. The third kappa shape index (κ3) is 3.29. The molecule has 1 fully saturated rings. The van der Waals surface area contributed by atoms with Crippen molar-refractivity contribution in [2.75, 3.05) is 0 Å². The van der Waals surface area contributed by atoms with E-state index in [4.69, 9.17) is 0 Å². The number of hydrogen-bond donors (Lipinski definition) is 0. The summed E-state index contributed by atoms with van der Waals surface area (Å²) >= 11 is 0. The summed E-state index contributed by atoms with van der Waals surface area (Å²) in [4.78, 5) is 0. The van der Waals surface area contributed by atoms with Gasteiger partial charge in [0.2, 0.25) is 0 Å². The number of rotatable bonds is 7. The van der Waals surface area contributed by atoms with Crippen LogP contribution < -0.4 is 0 Å². The van der Waals surface area contributed by atoms with Crippen molar-refractivity contribution >= 4 is 0 Å². The van der Waals surface area contributed by atoms with E-state index in [0.717, 1.165) is 17.8 Å². The Balaban J connectivity index is 2.28. The van der Waals surface area contributed by atoms with Crippen LogP contribution in [0.3, 0.4) is 0 Å². The molecule has 0 heteroatoms. The van der Waals surface area contributed by atoms with Gasteiger partial charge >= 0.3 is 0 Å². The molecule has 84 valence electrons. The summed E-state index contributed by atoms with van der Waals surface area (Å²) in [7, 11) is 0. The highest BCUT2D eigenvalue weighted by atomic mass is 14.3. The van der Waals surface area contributed by atoms with E-state index in [9.17, 15) is 0 Å². The molecule has 14 heavy (non-hydrogen) atoms. The van der Waals surface area contributed by atoms with Crippen molar-refractivity contribution in [3.8, 4) is 0 Å². The molecule has 0 aromatic heterocycles. The van der Waals surface area contributed by atoms with E-state index in [1.165, 1.54) is 51.4 Å². The summed E-state index contributed by atoms with van der Waals surface area (Å²) in [5, 5.41) is 0. The van der Waals surface area contributed by atoms with Crippen molar-refractivity contribution in [2.45, 2.75) is 72.1 Å². The zero-order valence-corrected chi connectivity index (χ0v) is 10.4. The Morgan fingerprint density at radius 1 is 1.07 bits per heavy atom. The lowest BCUT2D eigenvalue weighted by molar-refractivity contribution is 0.164. The molecule has 1 rings (SSSR count). The van der Waals surface area contributed by atoms with Gasteiger partial charge in [0.05, 0.1) is 0 Å². The summed E-state index contributed by atoms with van der Waals surface area (Å²) in [5.74, 6) is 3.18. The molecule has 2 unspecified atom stereocenters. The van der Waals surface area contributed by atoms with Crippen LogP contribution in [0.15, 0.2) is 0 Å². The normalized spacial score (nSPS) is 21.6. The highest BCUT2D eigenvalue weighted by molar-refractivity contribution is 4.78. The van der Waals surface area contributed by atoms with Gasteiger partial charge in [-0.05, 0) is 24.2 Å². The maximum Gasteiger partial charge on any atom is -0.0386 e. The first-order chi connectivity index (χ1) is 6.81. The molecule has 0 N–H and O–H groups in total. The van der Waals surface area contributed by atoms with Crippen LogP contribution in [0.4, 0.5) is 0 Å². The molecular weight excluding hydrogens is 168 g/mol. The Bertz CT molecular complexity index is 135. The fraction of sp³-hybridized carbons (Fsp3) is 1.00. The Labute approximate surface area is 90.5 Å². The predicted octanol–water partition coefficient (Wildman–Crippen LogP) is 5.03. The van der Waals surface area contributed by atoms with Crippen LogP contribution >= 0.6 is 0 Å².